The molecule has 0 saturated heterocycles. The highest BCUT2D eigenvalue weighted by atomic mass is 32.2. The topological polar surface area (TPSA) is 69.4 Å². The van der Waals surface area contributed by atoms with E-state index >= 15 is 0 Å². The maximum Gasteiger partial charge on any atom is 0.147 e. The van der Waals surface area contributed by atoms with Crippen molar-refractivity contribution in [3.05, 3.63) is 0 Å². The summed E-state index contributed by atoms with van der Waals surface area (Å²) >= 11 is 0. The van der Waals surface area contributed by atoms with Gasteiger partial charge >= 0.3 is 0 Å². The molecule has 0 aliphatic carbocycles. The van der Waals surface area contributed by atoms with E-state index in [1.807, 2.05) is 0 Å². The van der Waals surface area contributed by atoms with Gasteiger partial charge in [-0.25, -0.2) is 8.42 Å². The number of hydrogen-bond acceptors (Lipinski definition) is 4. The fraction of sp³-hybridized carbons (Fsp3) is 1.00. The standard InChI is InChI=1S/C9H21NO3S/c1-4-5-9(13-2)8(10)6-7-14(3,11)12/h8-9H,4-7,10H2,1-3H3. The summed E-state index contributed by atoms with van der Waals surface area (Å²) < 4.78 is 27.0. The molecule has 0 heterocycles. The predicted molar refractivity (Wildman–Crippen MR) is 58.0 cm³/mol. The molecule has 5 heteroatoms. The minimum atomic E-state index is -2.91. The Morgan fingerprint density at radius 2 is 1.93 bits per heavy atom. The third kappa shape index (κ3) is 6.34. The summed E-state index contributed by atoms with van der Waals surface area (Å²) in [4.78, 5) is 0. The predicted octanol–water partition coefficient (Wildman–Crippen LogP) is 0.563. The van der Waals surface area contributed by atoms with Crippen LogP contribution in [0.25, 0.3) is 0 Å². The van der Waals surface area contributed by atoms with Crippen molar-refractivity contribution in [2.75, 3.05) is 19.1 Å². The molecule has 0 spiro atoms. The lowest BCUT2D eigenvalue weighted by molar-refractivity contribution is 0.0718. The van der Waals surface area contributed by atoms with E-state index in [9.17, 15) is 8.42 Å². The lowest BCUT2D eigenvalue weighted by Crippen LogP contribution is -2.37. The van der Waals surface area contributed by atoms with E-state index in [-0.39, 0.29) is 17.9 Å². The first-order valence-electron chi connectivity index (χ1n) is 4.86. The van der Waals surface area contributed by atoms with Crippen LogP contribution in [0.2, 0.25) is 0 Å². The normalized spacial score (nSPS) is 16.6. The summed E-state index contributed by atoms with van der Waals surface area (Å²) in [6.45, 7) is 2.05. The van der Waals surface area contributed by atoms with Gasteiger partial charge in [-0.3, -0.25) is 0 Å². The van der Waals surface area contributed by atoms with Gasteiger partial charge in [0.25, 0.3) is 0 Å². The van der Waals surface area contributed by atoms with Crippen molar-refractivity contribution in [2.24, 2.45) is 5.73 Å². The quantitative estimate of drug-likeness (QED) is 0.685. The highest BCUT2D eigenvalue weighted by Gasteiger charge is 2.17. The summed E-state index contributed by atoms with van der Waals surface area (Å²) in [6.07, 6.45) is 3.53. The SMILES string of the molecule is CCCC(OC)C(N)CCS(C)(=O)=O. The monoisotopic (exact) mass is 223 g/mol. The zero-order chi connectivity index (χ0) is 11.2. The molecule has 2 N–H and O–H groups in total. The van der Waals surface area contributed by atoms with Crippen molar-refractivity contribution < 1.29 is 13.2 Å². The second kappa shape index (κ2) is 6.37. The molecule has 0 fully saturated rings. The Labute approximate surface area is 86.7 Å². The third-order valence-corrected chi connectivity index (χ3v) is 3.15. The number of sulfone groups is 1. The van der Waals surface area contributed by atoms with E-state index in [4.69, 9.17) is 10.5 Å². The van der Waals surface area contributed by atoms with Crippen LogP contribution in [0.5, 0.6) is 0 Å². The first-order chi connectivity index (χ1) is 6.40. The highest BCUT2D eigenvalue weighted by Crippen LogP contribution is 2.08. The van der Waals surface area contributed by atoms with Gasteiger partial charge in [-0.05, 0) is 12.8 Å². The molecule has 14 heavy (non-hydrogen) atoms. The highest BCUT2D eigenvalue weighted by molar-refractivity contribution is 7.90. The Balaban J connectivity index is 3.98. The smallest absolute Gasteiger partial charge is 0.147 e. The molecule has 2 unspecified atom stereocenters. The number of methoxy groups -OCH3 is 1. The van der Waals surface area contributed by atoms with Crippen molar-refractivity contribution in [1.29, 1.82) is 0 Å². The van der Waals surface area contributed by atoms with E-state index in [1.165, 1.54) is 6.26 Å². The molecule has 0 bridgehead atoms. The van der Waals surface area contributed by atoms with Crippen molar-refractivity contribution in [3.63, 3.8) is 0 Å². The molecule has 0 aromatic rings. The lowest BCUT2D eigenvalue weighted by Gasteiger charge is -2.21. The van der Waals surface area contributed by atoms with Gasteiger partial charge in [0, 0.05) is 19.4 Å². The van der Waals surface area contributed by atoms with Crippen molar-refractivity contribution in [2.45, 2.75) is 38.3 Å². The fourth-order valence-electron chi connectivity index (χ4n) is 1.33. The number of hydrogen-bond donors (Lipinski definition) is 1. The molecule has 0 aliphatic rings. The summed E-state index contributed by atoms with van der Waals surface area (Å²) in [5, 5.41) is 0. The average Bonchev–Trinajstić information content (AvgIpc) is 2.09. The van der Waals surface area contributed by atoms with Crippen LogP contribution in [-0.2, 0) is 14.6 Å². The number of rotatable bonds is 7. The molecule has 0 aliphatic heterocycles. The van der Waals surface area contributed by atoms with Crippen molar-refractivity contribution >= 4 is 9.84 Å². The van der Waals surface area contributed by atoms with Crippen LogP contribution in [0.4, 0.5) is 0 Å². The second-order valence-corrected chi connectivity index (χ2v) is 5.90. The first-order valence-corrected chi connectivity index (χ1v) is 6.92. The maximum atomic E-state index is 10.9. The van der Waals surface area contributed by atoms with Crippen LogP contribution in [0.1, 0.15) is 26.2 Å². The minimum absolute atomic E-state index is 0.0262. The Morgan fingerprint density at radius 3 is 2.29 bits per heavy atom. The Kier molecular flexibility index (Phi) is 6.31. The van der Waals surface area contributed by atoms with E-state index in [2.05, 4.69) is 6.92 Å². The first kappa shape index (κ1) is 13.9. The van der Waals surface area contributed by atoms with Crippen LogP contribution in [-0.4, -0.2) is 39.7 Å². The average molecular weight is 223 g/mol. The molecule has 0 radical (unpaired) electrons. The van der Waals surface area contributed by atoms with Gasteiger partial charge in [0.15, 0.2) is 0 Å². The van der Waals surface area contributed by atoms with Crippen molar-refractivity contribution in [3.8, 4) is 0 Å². The lowest BCUT2D eigenvalue weighted by atomic mass is 10.1. The molecule has 0 rings (SSSR count). The van der Waals surface area contributed by atoms with Gasteiger partial charge in [0.05, 0.1) is 11.9 Å². The minimum Gasteiger partial charge on any atom is -0.380 e. The largest absolute Gasteiger partial charge is 0.380 e. The third-order valence-electron chi connectivity index (χ3n) is 2.18. The molecule has 86 valence electrons. The van der Waals surface area contributed by atoms with Crippen LogP contribution in [0.15, 0.2) is 0 Å². The molecular formula is C9H21NO3S. The zero-order valence-electron chi connectivity index (χ0n) is 9.19. The Hall–Kier alpha value is -0.130. The van der Waals surface area contributed by atoms with Crippen molar-refractivity contribution in [1.82, 2.24) is 0 Å². The summed E-state index contributed by atoms with van der Waals surface area (Å²) in [5.41, 5.74) is 5.83. The number of ether oxygens (including phenoxy) is 1. The summed E-state index contributed by atoms with van der Waals surface area (Å²) in [6, 6.07) is -0.185. The van der Waals surface area contributed by atoms with Crippen LogP contribution in [0.3, 0.4) is 0 Å². The van der Waals surface area contributed by atoms with E-state index in [1.54, 1.807) is 7.11 Å². The van der Waals surface area contributed by atoms with Gasteiger partial charge in [0.2, 0.25) is 0 Å². The summed E-state index contributed by atoms with van der Waals surface area (Å²) in [5.74, 6) is 0.137. The van der Waals surface area contributed by atoms with E-state index in [0.717, 1.165) is 12.8 Å². The van der Waals surface area contributed by atoms with Crippen LogP contribution < -0.4 is 5.73 Å². The zero-order valence-corrected chi connectivity index (χ0v) is 10.0. The number of nitrogens with two attached hydrogens (primary N) is 1. The Bertz CT molecular complexity index is 238. The van der Waals surface area contributed by atoms with Gasteiger partial charge in [0.1, 0.15) is 9.84 Å². The van der Waals surface area contributed by atoms with E-state index < -0.39 is 9.84 Å². The molecular weight excluding hydrogens is 202 g/mol. The Morgan fingerprint density at radius 1 is 1.36 bits per heavy atom. The second-order valence-electron chi connectivity index (χ2n) is 3.65. The van der Waals surface area contributed by atoms with Crippen LogP contribution in [0, 0.1) is 0 Å². The van der Waals surface area contributed by atoms with Gasteiger partial charge < -0.3 is 10.5 Å². The van der Waals surface area contributed by atoms with Crippen LogP contribution >= 0.6 is 0 Å². The van der Waals surface area contributed by atoms with Gasteiger partial charge in [-0.2, -0.15) is 0 Å². The molecule has 0 aromatic heterocycles. The summed E-state index contributed by atoms with van der Waals surface area (Å²) in [7, 11) is -1.30. The molecule has 2 atom stereocenters. The van der Waals surface area contributed by atoms with Gasteiger partial charge in [-0.1, -0.05) is 13.3 Å². The fourth-order valence-corrected chi connectivity index (χ4v) is 2.03. The van der Waals surface area contributed by atoms with Gasteiger partial charge in [-0.15, -0.1) is 0 Å². The molecule has 0 saturated carbocycles. The molecule has 0 aromatic carbocycles. The molecule has 4 nitrogen and oxygen atoms in total. The molecule has 0 amide bonds. The van der Waals surface area contributed by atoms with E-state index in [0.29, 0.717) is 6.42 Å². The maximum absolute atomic E-state index is 10.9.